The van der Waals surface area contributed by atoms with Crippen LogP contribution in [0.15, 0.2) is 48.9 Å². The summed E-state index contributed by atoms with van der Waals surface area (Å²) in [5.41, 5.74) is 2.44. The third-order valence-electron chi connectivity index (χ3n) is 6.44. The maximum Gasteiger partial charge on any atom is 0.356 e. The number of aryl methyl sites for hydroxylation is 1. The number of rotatable bonds is 7. The number of carbonyl (C=O) groups excluding carboxylic acids is 1. The van der Waals surface area contributed by atoms with Gasteiger partial charge < -0.3 is 19.5 Å². The van der Waals surface area contributed by atoms with Gasteiger partial charge in [0.1, 0.15) is 17.2 Å². The van der Waals surface area contributed by atoms with E-state index in [0.717, 1.165) is 11.3 Å². The largest absolute Gasteiger partial charge is 0.476 e. The van der Waals surface area contributed by atoms with Gasteiger partial charge >= 0.3 is 11.9 Å². The minimum atomic E-state index is -1.13. The van der Waals surface area contributed by atoms with Crippen molar-refractivity contribution in [2.24, 2.45) is 7.05 Å². The van der Waals surface area contributed by atoms with Gasteiger partial charge in [-0.1, -0.05) is 12.1 Å². The van der Waals surface area contributed by atoms with Gasteiger partial charge in [-0.25, -0.2) is 19.1 Å². The summed E-state index contributed by atoms with van der Waals surface area (Å²) in [5, 5.41) is 17.8. The summed E-state index contributed by atoms with van der Waals surface area (Å²) in [4.78, 5) is 31.1. The number of aromatic nitrogens is 5. The number of benzene rings is 1. The molecule has 38 heavy (non-hydrogen) atoms. The summed E-state index contributed by atoms with van der Waals surface area (Å²) in [6, 6.07) is 9.01. The molecule has 5 rings (SSSR count). The van der Waals surface area contributed by atoms with Gasteiger partial charge in [-0.05, 0) is 32.9 Å². The molecule has 1 aliphatic rings. The van der Waals surface area contributed by atoms with Crippen molar-refractivity contribution in [2.75, 3.05) is 11.9 Å². The molecule has 4 aromatic rings. The maximum absolute atomic E-state index is 12.8. The number of anilines is 1. The second kappa shape index (κ2) is 9.47. The van der Waals surface area contributed by atoms with Crippen LogP contribution in [0.5, 0.6) is 5.88 Å². The summed E-state index contributed by atoms with van der Waals surface area (Å²) < 4.78 is 15.0. The van der Waals surface area contributed by atoms with Crippen LogP contribution >= 0.6 is 0 Å². The molecular formula is C27H30N6O5. The minimum Gasteiger partial charge on any atom is -0.476 e. The Labute approximate surface area is 219 Å². The average Bonchev–Trinajstić information content (AvgIpc) is 3.46. The standard InChI is InChI=1S/C27H30N6O5/c1-27(2,3)38-26(36)19-8-6-7-9-22(19)32(5)17-10-18(11-17)37-24-23-12-20(25(34)35)30-33(23)15-21(29-24)16-13-28-31(4)14-16/h6-9,12-15,17-18H,10-11H2,1-5H3,(H,34,35). The van der Waals surface area contributed by atoms with E-state index in [9.17, 15) is 14.7 Å². The van der Waals surface area contributed by atoms with E-state index in [2.05, 4.69) is 20.1 Å². The van der Waals surface area contributed by atoms with E-state index in [0.29, 0.717) is 35.5 Å². The van der Waals surface area contributed by atoms with Crippen molar-refractivity contribution < 1.29 is 24.2 Å². The first-order chi connectivity index (χ1) is 18.0. The van der Waals surface area contributed by atoms with E-state index in [1.54, 1.807) is 23.1 Å². The molecule has 0 amide bonds. The number of carboxylic acid groups (broad SMARTS) is 1. The van der Waals surface area contributed by atoms with Crippen LogP contribution in [0.4, 0.5) is 5.69 Å². The number of carbonyl (C=O) groups is 2. The van der Waals surface area contributed by atoms with Gasteiger partial charge in [-0.3, -0.25) is 4.68 Å². The first kappa shape index (κ1) is 25.2. The van der Waals surface area contributed by atoms with E-state index in [-0.39, 0.29) is 23.8 Å². The number of hydrogen-bond acceptors (Lipinski definition) is 8. The summed E-state index contributed by atoms with van der Waals surface area (Å²) in [6.45, 7) is 5.54. The average molecular weight is 519 g/mol. The van der Waals surface area contributed by atoms with Gasteiger partial charge in [0.2, 0.25) is 5.88 Å². The Morgan fingerprint density at radius 2 is 1.89 bits per heavy atom. The van der Waals surface area contributed by atoms with Crippen LogP contribution < -0.4 is 9.64 Å². The molecule has 0 atom stereocenters. The zero-order valence-corrected chi connectivity index (χ0v) is 22.0. The highest BCUT2D eigenvalue weighted by atomic mass is 16.6. The van der Waals surface area contributed by atoms with Crippen molar-refractivity contribution in [1.82, 2.24) is 24.4 Å². The van der Waals surface area contributed by atoms with Crippen molar-refractivity contribution in [3.63, 3.8) is 0 Å². The molecule has 3 heterocycles. The molecule has 0 bridgehead atoms. The first-order valence-corrected chi connectivity index (χ1v) is 12.3. The fraction of sp³-hybridized carbons (Fsp3) is 0.370. The molecule has 11 heteroatoms. The van der Waals surface area contributed by atoms with Crippen LogP contribution in [-0.4, -0.2) is 66.2 Å². The number of carboxylic acids is 1. The molecule has 0 radical (unpaired) electrons. The summed E-state index contributed by atoms with van der Waals surface area (Å²) >= 11 is 0. The molecule has 1 N–H and O–H groups in total. The summed E-state index contributed by atoms with van der Waals surface area (Å²) in [5.74, 6) is -1.18. The van der Waals surface area contributed by atoms with Crippen LogP contribution in [0, 0.1) is 0 Å². The predicted molar refractivity (Wildman–Crippen MR) is 140 cm³/mol. The highest BCUT2D eigenvalue weighted by Gasteiger charge is 2.36. The molecule has 0 unspecified atom stereocenters. The number of aromatic carboxylic acids is 1. The lowest BCUT2D eigenvalue weighted by molar-refractivity contribution is 0.00698. The maximum atomic E-state index is 12.8. The van der Waals surface area contributed by atoms with Crippen LogP contribution in [0.3, 0.4) is 0 Å². The molecular weight excluding hydrogens is 488 g/mol. The van der Waals surface area contributed by atoms with Gasteiger partial charge in [0.05, 0.1) is 29.3 Å². The lowest BCUT2D eigenvalue weighted by atomic mass is 9.87. The summed E-state index contributed by atoms with van der Waals surface area (Å²) in [6.07, 6.45) is 6.41. The summed E-state index contributed by atoms with van der Waals surface area (Å²) in [7, 11) is 3.77. The highest BCUT2D eigenvalue weighted by molar-refractivity contribution is 5.96. The third-order valence-corrected chi connectivity index (χ3v) is 6.44. The zero-order chi connectivity index (χ0) is 27.2. The third kappa shape index (κ3) is 5.04. The molecule has 3 aromatic heterocycles. The van der Waals surface area contributed by atoms with Crippen LogP contribution in [0.25, 0.3) is 16.8 Å². The Balaban J connectivity index is 1.35. The van der Waals surface area contributed by atoms with Crippen LogP contribution in [0.1, 0.15) is 54.5 Å². The second-order valence-electron chi connectivity index (χ2n) is 10.5. The number of fused-ring (bicyclic) bond motifs is 1. The van der Waals surface area contributed by atoms with Crippen molar-refractivity contribution >= 4 is 23.1 Å². The predicted octanol–water partition coefficient (Wildman–Crippen LogP) is 3.83. The van der Waals surface area contributed by atoms with E-state index >= 15 is 0 Å². The first-order valence-electron chi connectivity index (χ1n) is 12.3. The van der Waals surface area contributed by atoms with Crippen molar-refractivity contribution in [1.29, 1.82) is 0 Å². The van der Waals surface area contributed by atoms with E-state index < -0.39 is 11.6 Å². The molecule has 1 aromatic carbocycles. The molecule has 0 aliphatic heterocycles. The normalized spacial score (nSPS) is 17.2. The van der Waals surface area contributed by atoms with Gasteiger partial charge in [-0.15, -0.1) is 0 Å². The number of hydrogen-bond donors (Lipinski definition) is 1. The lowest BCUT2D eigenvalue weighted by Crippen LogP contribution is -2.48. The van der Waals surface area contributed by atoms with Gasteiger partial charge in [0.15, 0.2) is 5.69 Å². The van der Waals surface area contributed by atoms with E-state index in [1.165, 1.54) is 10.6 Å². The second-order valence-corrected chi connectivity index (χ2v) is 10.5. The Bertz CT molecular complexity index is 1510. The number of ether oxygens (including phenoxy) is 2. The molecule has 198 valence electrons. The molecule has 1 saturated carbocycles. The van der Waals surface area contributed by atoms with E-state index in [1.807, 2.05) is 59.3 Å². The van der Waals surface area contributed by atoms with Gasteiger partial charge in [0.25, 0.3) is 0 Å². The number of esters is 1. The van der Waals surface area contributed by atoms with Crippen LogP contribution in [-0.2, 0) is 11.8 Å². The van der Waals surface area contributed by atoms with Crippen LogP contribution in [0.2, 0.25) is 0 Å². The van der Waals surface area contributed by atoms with Gasteiger partial charge in [0, 0.05) is 50.8 Å². The molecule has 0 spiro atoms. The minimum absolute atomic E-state index is 0.0926. The fourth-order valence-electron chi connectivity index (χ4n) is 4.44. The molecule has 1 fully saturated rings. The number of nitrogens with zero attached hydrogens (tertiary/aromatic N) is 6. The Kier molecular flexibility index (Phi) is 6.29. The van der Waals surface area contributed by atoms with E-state index in [4.69, 9.17) is 9.47 Å². The molecule has 11 nitrogen and oxygen atoms in total. The molecule has 0 saturated heterocycles. The SMILES string of the molecule is CN(c1ccccc1C(=O)OC(C)(C)C)C1CC(Oc2nc(-c3cnn(C)c3)cn3nc(C(=O)O)cc23)C1. The van der Waals surface area contributed by atoms with Crippen molar-refractivity contribution in [3.05, 3.63) is 60.2 Å². The fourth-order valence-corrected chi connectivity index (χ4v) is 4.44. The Hall–Kier alpha value is -4.41. The Morgan fingerprint density at radius 1 is 1.16 bits per heavy atom. The lowest BCUT2D eigenvalue weighted by Gasteiger charge is -2.42. The monoisotopic (exact) mass is 518 g/mol. The quantitative estimate of drug-likeness (QED) is 0.364. The zero-order valence-electron chi connectivity index (χ0n) is 22.0. The highest BCUT2D eigenvalue weighted by Crippen LogP contribution is 2.35. The van der Waals surface area contributed by atoms with Crippen molar-refractivity contribution in [2.45, 2.75) is 51.4 Å². The number of para-hydroxylation sites is 1. The Morgan fingerprint density at radius 3 is 2.55 bits per heavy atom. The molecule has 1 aliphatic carbocycles. The van der Waals surface area contributed by atoms with Gasteiger partial charge in [-0.2, -0.15) is 10.2 Å². The smallest absolute Gasteiger partial charge is 0.356 e. The van der Waals surface area contributed by atoms with Crippen molar-refractivity contribution in [3.8, 4) is 17.1 Å². The topological polar surface area (TPSA) is 124 Å².